The molecule has 0 aliphatic heterocycles. The van der Waals surface area contributed by atoms with Crippen molar-refractivity contribution in [3.05, 3.63) is 29.8 Å². The van der Waals surface area contributed by atoms with Gasteiger partial charge in [-0.05, 0) is 25.3 Å². The summed E-state index contributed by atoms with van der Waals surface area (Å²) in [6.45, 7) is 8.51. The molecule has 16 heavy (non-hydrogen) atoms. The van der Waals surface area contributed by atoms with Gasteiger partial charge < -0.3 is 10.5 Å². The summed E-state index contributed by atoms with van der Waals surface area (Å²) >= 11 is 0. The lowest BCUT2D eigenvalue weighted by molar-refractivity contribution is 0.168. The lowest BCUT2D eigenvalue weighted by Gasteiger charge is -2.22. The predicted octanol–water partition coefficient (Wildman–Crippen LogP) is 3.52. The van der Waals surface area contributed by atoms with Crippen LogP contribution in [0.15, 0.2) is 24.3 Å². The molecular formula is C14H23NO. The Morgan fingerprint density at radius 2 is 1.81 bits per heavy atom. The summed E-state index contributed by atoms with van der Waals surface area (Å²) in [7, 11) is 0. The van der Waals surface area contributed by atoms with Gasteiger partial charge in [0.05, 0.1) is 6.10 Å². The highest BCUT2D eigenvalue weighted by Gasteiger charge is 2.14. The van der Waals surface area contributed by atoms with E-state index >= 15 is 0 Å². The molecule has 1 unspecified atom stereocenters. The number of hydrogen-bond acceptors (Lipinski definition) is 2. The molecule has 0 spiro atoms. The maximum Gasteiger partial charge on any atom is 0.124 e. The third-order valence-corrected chi connectivity index (χ3v) is 3.01. The average Bonchev–Trinajstić information content (AvgIpc) is 2.28. The van der Waals surface area contributed by atoms with Crippen molar-refractivity contribution in [2.24, 2.45) is 11.7 Å². The van der Waals surface area contributed by atoms with E-state index in [9.17, 15) is 0 Å². The Morgan fingerprint density at radius 3 is 2.38 bits per heavy atom. The molecule has 0 aliphatic rings. The second-order valence-corrected chi connectivity index (χ2v) is 4.62. The van der Waals surface area contributed by atoms with Crippen molar-refractivity contribution in [2.75, 3.05) is 0 Å². The number of hydrogen-bond donors (Lipinski definition) is 1. The van der Waals surface area contributed by atoms with Crippen molar-refractivity contribution in [2.45, 2.75) is 46.3 Å². The maximum atomic E-state index is 6.07. The molecule has 0 aromatic heterocycles. The summed E-state index contributed by atoms with van der Waals surface area (Å²) in [4.78, 5) is 0. The van der Waals surface area contributed by atoms with Crippen molar-refractivity contribution in [3.8, 4) is 5.75 Å². The molecule has 0 heterocycles. The van der Waals surface area contributed by atoms with Crippen LogP contribution in [0.2, 0.25) is 0 Å². The Bertz CT molecular complexity index is 322. The van der Waals surface area contributed by atoms with Gasteiger partial charge in [-0.1, -0.05) is 39.0 Å². The van der Waals surface area contributed by atoms with E-state index in [0.29, 0.717) is 5.92 Å². The summed E-state index contributed by atoms with van der Waals surface area (Å²) in [6, 6.07) is 8.13. The van der Waals surface area contributed by atoms with Gasteiger partial charge in [-0.3, -0.25) is 0 Å². The maximum absolute atomic E-state index is 6.07. The first-order valence-corrected chi connectivity index (χ1v) is 6.07. The van der Waals surface area contributed by atoms with E-state index in [4.69, 9.17) is 10.5 Å². The number of ether oxygens (including phenoxy) is 1. The van der Waals surface area contributed by atoms with Crippen LogP contribution in [0.1, 0.15) is 45.7 Å². The molecule has 0 bridgehead atoms. The van der Waals surface area contributed by atoms with Gasteiger partial charge in [0, 0.05) is 11.6 Å². The van der Waals surface area contributed by atoms with Crippen LogP contribution in [0, 0.1) is 5.92 Å². The van der Waals surface area contributed by atoms with Gasteiger partial charge in [-0.2, -0.15) is 0 Å². The molecule has 2 nitrogen and oxygen atoms in total. The van der Waals surface area contributed by atoms with Crippen LogP contribution in [-0.4, -0.2) is 6.10 Å². The minimum Gasteiger partial charge on any atom is -0.490 e. The molecule has 90 valence electrons. The quantitative estimate of drug-likeness (QED) is 0.825. The summed E-state index contributed by atoms with van der Waals surface area (Å²) in [5, 5.41) is 0. The first-order chi connectivity index (χ1) is 7.56. The van der Waals surface area contributed by atoms with Crippen LogP contribution < -0.4 is 10.5 Å². The molecule has 2 N–H and O–H groups in total. The molecule has 2 atom stereocenters. The zero-order valence-electron chi connectivity index (χ0n) is 10.7. The molecule has 0 fully saturated rings. The van der Waals surface area contributed by atoms with Crippen LogP contribution in [0.25, 0.3) is 0 Å². The lowest BCUT2D eigenvalue weighted by atomic mass is 10.0. The van der Waals surface area contributed by atoms with E-state index < -0.39 is 0 Å². The summed E-state index contributed by atoms with van der Waals surface area (Å²) in [5.41, 5.74) is 7.18. The fourth-order valence-electron chi connectivity index (χ4n) is 1.45. The summed E-state index contributed by atoms with van der Waals surface area (Å²) < 4.78 is 5.95. The molecule has 1 aromatic carbocycles. The highest BCUT2D eigenvalue weighted by Crippen LogP contribution is 2.27. The van der Waals surface area contributed by atoms with Crippen molar-refractivity contribution in [1.29, 1.82) is 0 Å². The van der Waals surface area contributed by atoms with Crippen molar-refractivity contribution in [3.63, 3.8) is 0 Å². The van der Waals surface area contributed by atoms with E-state index in [1.54, 1.807) is 0 Å². The van der Waals surface area contributed by atoms with Crippen LogP contribution in [0.3, 0.4) is 0 Å². The van der Waals surface area contributed by atoms with Crippen molar-refractivity contribution < 1.29 is 4.74 Å². The van der Waals surface area contributed by atoms with Gasteiger partial charge in [0.1, 0.15) is 5.75 Å². The van der Waals surface area contributed by atoms with E-state index in [-0.39, 0.29) is 12.1 Å². The number of benzene rings is 1. The average molecular weight is 221 g/mol. The first-order valence-electron chi connectivity index (χ1n) is 6.07. The minimum absolute atomic E-state index is 0.0653. The standard InChI is InChI=1S/C14H23NO/c1-5-13(15)12-8-6-7-9-14(12)16-11(4)10(2)3/h6-11,13H,5,15H2,1-4H3/t11?,13-/m0/s1. The normalized spacial score (nSPS) is 14.9. The number of rotatable bonds is 5. The van der Waals surface area contributed by atoms with Gasteiger partial charge in [-0.15, -0.1) is 0 Å². The number of para-hydroxylation sites is 1. The fraction of sp³-hybridized carbons (Fsp3) is 0.571. The van der Waals surface area contributed by atoms with Gasteiger partial charge in [0.15, 0.2) is 0 Å². The van der Waals surface area contributed by atoms with Gasteiger partial charge in [0.2, 0.25) is 0 Å². The molecule has 0 radical (unpaired) electrons. The molecular weight excluding hydrogens is 198 g/mol. The Labute approximate surface area is 98.8 Å². The smallest absolute Gasteiger partial charge is 0.124 e. The Morgan fingerprint density at radius 1 is 1.19 bits per heavy atom. The molecule has 0 amide bonds. The van der Waals surface area contributed by atoms with Crippen LogP contribution in [0.4, 0.5) is 0 Å². The molecule has 0 saturated carbocycles. The zero-order valence-corrected chi connectivity index (χ0v) is 10.7. The van der Waals surface area contributed by atoms with Gasteiger partial charge in [0.25, 0.3) is 0 Å². The van der Waals surface area contributed by atoms with Crippen molar-refractivity contribution >= 4 is 0 Å². The number of nitrogens with two attached hydrogens (primary N) is 1. The highest BCUT2D eigenvalue weighted by molar-refractivity contribution is 5.35. The molecule has 1 aromatic rings. The molecule has 2 heteroatoms. The largest absolute Gasteiger partial charge is 0.490 e. The topological polar surface area (TPSA) is 35.2 Å². The van der Waals surface area contributed by atoms with Gasteiger partial charge >= 0.3 is 0 Å². The van der Waals surface area contributed by atoms with E-state index in [1.807, 2.05) is 18.2 Å². The van der Waals surface area contributed by atoms with E-state index in [0.717, 1.165) is 17.7 Å². The first kappa shape index (κ1) is 13.0. The second-order valence-electron chi connectivity index (χ2n) is 4.62. The minimum atomic E-state index is 0.0653. The zero-order chi connectivity index (χ0) is 12.1. The second kappa shape index (κ2) is 5.90. The Kier molecular flexibility index (Phi) is 4.81. The molecule has 1 rings (SSSR count). The predicted molar refractivity (Wildman–Crippen MR) is 68.6 cm³/mol. The fourth-order valence-corrected chi connectivity index (χ4v) is 1.45. The lowest BCUT2D eigenvalue weighted by Crippen LogP contribution is -2.20. The van der Waals surface area contributed by atoms with Crippen molar-refractivity contribution in [1.82, 2.24) is 0 Å². The monoisotopic (exact) mass is 221 g/mol. The van der Waals surface area contributed by atoms with Crippen LogP contribution in [0.5, 0.6) is 5.75 Å². The van der Waals surface area contributed by atoms with Gasteiger partial charge in [-0.25, -0.2) is 0 Å². The highest BCUT2D eigenvalue weighted by atomic mass is 16.5. The van der Waals surface area contributed by atoms with Crippen LogP contribution in [-0.2, 0) is 0 Å². The van der Waals surface area contributed by atoms with E-state index in [2.05, 4.69) is 33.8 Å². The third kappa shape index (κ3) is 3.24. The van der Waals surface area contributed by atoms with E-state index in [1.165, 1.54) is 0 Å². The molecule has 0 aliphatic carbocycles. The third-order valence-electron chi connectivity index (χ3n) is 3.01. The summed E-state index contributed by atoms with van der Waals surface area (Å²) in [6.07, 6.45) is 1.14. The summed E-state index contributed by atoms with van der Waals surface area (Å²) in [5.74, 6) is 1.43. The molecule has 0 saturated heterocycles. The van der Waals surface area contributed by atoms with Crippen LogP contribution >= 0.6 is 0 Å². The Balaban J connectivity index is 2.86. The SMILES string of the molecule is CC[C@H](N)c1ccccc1OC(C)C(C)C. The Hall–Kier alpha value is -1.02.